The molecule has 3 heterocycles. The van der Waals surface area contributed by atoms with Gasteiger partial charge in [-0.15, -0.1) is 11.3 Å². The van der Waals surface area contributed by atoms with Gasteiger partial charge in [-0.1, -0.05) is 49.4 Å². The second kappa shape index (κ2) is 9.92. The highest BCUT2D eigenvalue weighted by Gasteiger charge is 2.23. The molecule has 2 aliphatic rings. The number of thiophene rings is 1. The molecule has 5 heteroatoms. The van der Waals surface area contributed by atoms with Crippen LogP contribution in [-0.4, -0.2) is 36.9 Å². The van der Waals surface area contributed by atoms with Gasteiger partial charge in [0.1, 0.15) is 10.8 Å². The summed E-state index contributed by atoms with van der Waals surface area (Å²) in [5, 5.41) is 8.25. The Morgan fingerprint density at radius 3 is 2.60 bits per heavy atom. The maximum Gasteiger partial charge on any atom is 0.139 e. The smallest absolute Gasteiger partial charge is 0.139 e. The molecule has 1 fully saturated rings. The van der Waals surface area contributed by atoms with Gasteiger partial charge in [0.15, 0.2) is 0 Å². The standard InChI is InChI=1S/C17H20N4S.C8H10/c1-12-11-13-16(21-9-4-7-18-8-10-21)19-14-5-2-3-6-15(14)20-17(13)22-12;1-2-8-6-4-3-5-7-8/h2-3,5-6,11,18,20H,4,7-10H2,1H3;3-7H,2H2,1H3. The Morgan fingerprint density at radius 1 is 1.00 bits per heavy atom. The number of aliphatic imine (C=N–C) groups is 1. The third kappa shape index (κ3) is 4.91. The predicted octanol–water partition coefficient (Wildman–Crippen LogP) is 5.74. The predicted molar refractivity (Wildman–Crippen MR) is 130 cm³/mol. The number of para-hydroxylation sites is 2. The maximum atomic E-state index is 5.02. The number of benzene rings is 2. The third-order valence-electron chi connectivity index (χ3n) is 5.37. The van der Waals surface area contributed by atoms with E-state index in [1.807, 2.05) is 6.07 Å². The van der Waals surface area contributed by atoms with E-state index >= 15 is 0 Å². The van der Waals surface area contributed by atoms with Crippen molar-refractivity contribution in [1.29, 1.82) is 0 Å². The quantitative estimate of drug-likeness (QED) is 0.530. The lowest BCUT2D eigenvalue weighted by Gasteiger charge is -2.23. The van der Waals surface area contributed by atoms with Gasteiger partial charge in [-0.2, -0.15) is 0 Å². The highest BCUT2D eigenvalue weighted by molar-refractivity contribution is 7.16. The van der Waals surface area contributed by atoms with Gasteiger partial charge in [0.25, 0.3) is 0 Å². The minimum atomic E-state index is 1.01. The number of nitrogens with one attached hydrogen (secondary N) is 2. The van der Waals surface area contributed by atoms with Gasteiger partial charge in [-0.3, -0.25) is 0 Å². The van der Waals surface area contributed by atoms with E-state index in [0.29, 0.717) is 0 Å². The first-order valence-corrected chi connectivity index (χ1v) is 11.6. The average molecular weight is 419 g/mol. The molecule has 0 amide bonds. The number of aryl methyl sites for hydroxylation is 2. The molecule has 0 saturated carbocycles. The molecule has 2 aromatic carbocycles. The number of amidine groups is 1. The third-order valence-corrected chi connectivity index (χ3v) is 6.33. The van der Waals surface area contributed by atoms with E-state index in [2.05, 4.69) is 84.0 Å². The molecule has 0 unspecified atom stereocenters. The Morgan fingerprint density at radius 2 is 1.80 bits per heavy atom. The molecular weight excluding hydrogens is 388 g/mol. The van der Waals surface area contributed by atoms with Crippen LogP contribution in [0.2, 0.25) is 0 Å². The van der Waals surface area contributed by atoms with Crippen LogP contribution in [0, 0.1) is 6.92 Å². The summed E-state index contributed by atoms with van der Waals surface area (Å²) in [6.07, 6.45) is 2.30. The first-order chi connectivity index (χ1) is 14.7. The van der Waals surface area contributed by atoms with Crippen molar-refractivity contribution in [2.45, 2.75) is 26.7 Å². The highest BCUT2D eigenvalue weighted by atomic mass is 32.1. The molecule has 156 valence electrons. The fraction of sp³-hybridized carbons (Fsp3) is 0.320. The monoisotopic (exact) mass is 418 g/mol. The average Bonchev–Trinajstić information content (AvgIpc) is 2.94. The number of rotatable bonds is 1. The molecule has 30 heavy (non-hydrogen) atoms. The zero-order valence-corrected chi connectivity index (χ0v) is 18.6. The van der Waals surface area contributed by atoms with Crippen molar-refractivity contribution in [3.8, 4) is 0 Å². The summed E-state index contributed by atoms with van der Waals surface area (Å²) >= 11 is 1.81. The SMILES string of the molecule is CCc1ccccc1.Cc1cc2c(s1)Nc1ccccc1N=C2N1CCCNCC1. The van der Waals surface area contributed by atoms with Gasteiger partial charge in [0, 0.05) is 24.5 Å². The summed E-state index contributed by atoms with van der Waals surface area (Å²) in [5.74, 6) is 1.11. The van der Waals surface area contributed by atoms with Crippen LogP contribution in [0.4, 0.5) is 16.4 Å². The summed E-state index contributed by atoms with van der Waals surface area (Å²) in [6, 6.07) is 21.0. The molecule has 0 spiro atoms. The molecule has 0 radical (unpaired) electrons. The molecule has 5 rings (SSSR count). The first kappa shape index (κ1) is 20.6. The highest BCUT2D eigenvalue weighted by Crippen LogP contribution is 2.39. The lowest BCUT2D eigenvalue weighted by atomic mass is 10.2. The number of anilines is 2. The minimum absolute atomic E-state index is 1.01. The first-order valence-electron chi connectivity index (χ1n) is 10.8. The number of hydrogen-bond acceptors (Lipinski definition) is 5. The van der Waals surface area contributed by atoms with Crippen LogP contribution in [-0.2, 0) is 6.42 Å². The lowest BCUT2D eigenvalue weighted by molar-refractivity contribution is 0.447. The van der Waals surface area contributed by atoms with Crippen LogP contribution < -0.4 is 10.6 Å². The Labute approximate surface area is 183 Å². The van der Waals surface area contributed by atoms with Crippen molar-refractivity contribution in [2.24, 2.45) is 4.99 Å². The summed E-state index contributed by atoms with van der Waals surface area (Å²) in [4.78, 5) is 8.76. The Balaban J connectivity index is 0.000000230. The van der Waals surface area contributed by atoms with Crippen LogP contribution >= 0.6 is 11.3 Å². The van der Waals surface area contributed by atoms with E-state index in [0.717, 1.165) is 56.2 Å². The van der Waals surface area contributed by atoms with E-state index in [4.69, 9.17) is 4.99 Å². The number of nitrogens with zero attached hydrogens (tertiary/aromatic N) is 2. The van der Waals surface area contributed by atoms with Crippen LogP contribution in [0.25, 0.3) is 0 Å². The summed E-state index contributed by atoms with van der Waals surface area (Å²) in [7, 11) is 0. The Hall–Kier alpha value is -2.63. The lowest BCUT2D eigenvalue weighted by Crippen LogP contribution is -2.34. The second-order valence-electron chi connectivity index (χ2n) is 7.61. The second-order valence-corrected chi connectivity index (χ2v) is 8.86. The molecule has 0 bridgehead atoms. The van der Waals surface area contributed by atoms with Crippen molar-refractivity contribution in [3.05, 3.63) is 76.7 Å². The Kier molecular flexibility index (Phi) is 6.82. The van der Waals surface area contributed by atoms with E-state index < -0.39 is 0 Å². The van der Waals surface area contributed by atoms with Crippen molar-refractivity contribution in [1.82, 2.24) is 10.2 Å². The van der Waals surface area contributed by atoms with E-state index in [-0.39, 0.29) is 0 Å². The fourth-order valence-corrected chi connectivity index (χ4v) is 4.68. The fourth-order valence-electron chi connectivity index (χ4n) is 3.76. The molecular formula is C25H30N4S. The van der Waals surface area contributed by atoms with E-state index in [1.165, 1.54) is 21.0 Å². The summed E-state index contributed by atoms with van der Waals surface area (Å²) < 4.78 is 0. The van der Waals surface area contributed by atoms with Gasteiger partial charge in [0.2, 0.25) is 0 Å². The van der Waals surface area contributed by atoms with Crippen LogP contribution in [0.15, 0.2) is 65.7 Å². The summed E-state index contributed by atoms with van der Waals surface area (Å²) in [5.41, 5.74) is 4.76. The molecule has 1 saturated heterocycles. The van der Waals surface area contributed by atoms with Crippen molar-refractivity contribution in [3.63, 3.8) is 0 Å². The van der Waals surface area contributed by atoms with Crippen LogP contribution in [0.1, 0.15) is 29.3 Å². The van der Waals surface area contributed by atoms with Crippen molar-refractivity contribution in [2.75, 3.05) is 31.5 Å². The molecule has 2 aliphatic heterocycles. The van der Waals surface area contributed by atoms with Gasteiger partial charge in [0.05, 0.1) is 16.9 Å². The van der Waals surface area contributed by atoms with Crippen LogP contribution in [0.3, 0.4) is 0 Å². The maximum absolute atomic E-state index is 5.02. The minimum Gasteiger partial charge on any atom is -0.355 e. The summed E-state index contributed by atoms with van der Waals surface area (Å²) in [6.45, 7) is 8.50. The number of hydrogen-bond donors (Lipinski definition) is 2. The molecule has 2 N–H and O–H groups in total. The zero-order valence-electron chi connectivity index (χ0n) is 17.8. The van der Waals surface area contributed by atoms with Gasteiger partial charge in [-0.05, 0) is 50.1 Å². The molecule has 0 atom stereocenters. The molecule has 0 aliphatic carbocycles. The zero-order chi connectivity index (χ0) is 20.8. The number of fused-ring (bicyclic) bond motifs is 2. The van der Waals surface area contributed by atoms with E-state index in [1.54, 1.807) is 11.3 Å². The topological polar surface area (TPSA) is 39.7 Å². The van der Waals surface area contributed by atoms with Gasteiger partial charge < -0.3 is 15.5 Å². The Bertz CT molecular complexity index is 985. The van der Waals surface area contributed by atoms with Gasteiger partial charge in [-0.25, -0.2) is 4.99 Å². The van der Waals surface area contributed by atoms with Crippen molar-refractivity contribution < 1.29 is 0 Å². The molecule has 4 nitrogen and oxygen atoms in total. The van der Waals surface area contributed by atoms with Crippen LogP contribution in [0.5, 0.6) is 0 Å². The van der Waals surface area contributed by atoms with Crippen molar-refractivity contribution >= 4 is 33.5 Å². The largest absolute Gasteiger partial charge is 0.355 e. The molecule has 1 aromatic heterocycles. The van der Waals surface area contributed by atoms with Gasteiger partial charge >= 0.3 is 0 Å². The normalized spacial score (nSPS) is 15.4. The molecule has 3 aromatic rings. The van der Waals surface area contributed by atoms with E-state index in [9.17, 15) is 0 Å².